The van der Waals surface area contributed by atoms with Crippen molar-refractivity contribution in [3.8, 4) is 0 Å². The minimum absolute atomic E-state index is 0.159. The third-order valence-electron chi connectivity index (χ3n) is 2.22. The molecule has 0 radical (unpaired) electrons. The lowest BCUT2D eigenvalue weighted by Crippen LogP contribution is -2.02. The Labute approximate surface area is 80.7 Å². The topological polar surface area (TPSA) is 72.6 Å². The largest absolute Gasteiger partial charge is 0.481 e. The molecular weight excluding hydrogens is 186 g/mol. The molecule has 0 spiro atoms. The number of aromatic nitrogens is 1. The second-order valence-corrected chi connectivity index (χ2v) is 3.30. The highest BCUT2D eigenvalue weighted by atomic mass is 16.5. The number of carboxylic acids is 1. The molecule has 1 aromatic rings. The summed E-state index contributed by atoms with van der Waals surface area (Å²) in [5.74, 6) is -0.401. The minimum atomic E-state index is -0.930. The monoisotopic (exact) mass is 197 g/mol. The number of oxazole rings is 1. The van der Waals surface area contributed by atoms with Gasteiger partial charge in [0.2, 0.25) is 5.89 Å². The zero-order valence-corrected chi connectivity index (χ0v) is 7.60. The van der Waals surface area contributed by atoms with E-state index in [9.17, 15) is 4.79 Å². The van der Waals surface area contributed by atoms with Gasteiger partial charge in [0.25, 0.3) is 0 Å². The first-order valence-corrected chi connectivity index (χ1v) is 4.49. The zero-order chi connectivity index (χ0) is 9.97. The van der Waals surface area contributed by atoms with Crippen LogP contribution in [0.25, 0.3) is 0 Å². The fourth-order valence-corrected chi connectivity index (χ4v) is 1.49. The molecule has 1 saturated heterocycles. The van der Waals surface area contributed by atoms with Crippen LogP contribution in [0.4, 0.5) is 0 Å². The van der Waals surface area contributed by atoms with E-state index in [4.69, 9.17) is 14.3 Å². The van der Waals surface area contributed by atoms with Crippen LogP contribution in [0.5, 0.6) is 0 Å². The zero-order valence-electron chi connectivity index (χ0n) is 7.60. The molecule has 0 aromatic carbocycles. The van der Waals surface area contributed by atoms with Crippen LogP contribution in [0.1, 0.15) is 23.9 Å². The summed E-state index contributed by atoms with van der Waals surface area (Å²) in [4.78, 5) is 14.5. The maximum Gasteiger partial charge on any atom is 0.312 e. The minimum Gasteiger partial charge on any atom is -0.481 e. The van der Waals surface area contributed by atoms with Gasteiger partial charge in [-0.1, -0.05) is 0 Å². The molecule has 1 aliphatic heterocycles. The standard InChI is InChI=1S/C9H11NO4/c11-9(12)3-8-10-7(5-14-8)6-1-2-13-4-6/h5-6H,1-4H2,(H,11,12). The molecule has 5 heteroatoms. The molecule has 1 aromatic heterocycles. The average molecular weight is 197 g/mol. The first kappa shape index (κ1) is 9.21. The van der Waals surface area contributed by atoms with E-state index in [2.05, 4.69) is 4.98 Å². The smallest absolute Gasteiger partial charge is 0.312 e. The molecule has 14 heavy (non-hydrogen) atoms. The van der Waals surface area contributed by atoms with Crippen LogP contribution in [0, 0.1) is 0 Å². The number of carboxylic acid groups (broad SMARTS) is 1. The Kier molecular flexibility index (Phi) is 2.49. The van der Waals surface area contributed by atoms with Gasteiger partial charge in [-0.3, -0.25) is 4.79 Å². The van der Waals surface area contributed by atoms with Crippen molar-refractivity contribution in [3.63, 3.8) is 0 Å². The molecule has 2 rings (SSSR count). The van der Waals surface area contributed by atoms with Crippen LogP contribution < -0.4 is 0 Å². The highest BCUT2D eigenvalue weighted by Crippen LogP contribution is 2.24. The van der Waals surface area contributed by atoms with E-state index in [1.165, 1.54) is 6.26 Å². The highest BCUT2D eigenvalue weighted by Gasteiger charge is 2.21. The van der Waals surface area contributed by atoms with E-state index in [-0.39, 0.29) is 18.2 Å². The van der Waals surface area contributed by atoms with Crippen molar-refractivity contribution in [2.45, 2.75) is 18.8 Å². The molecule has 0 bridgehead atoms. The normalized spacial score (nSPS) is 21.3. The Hall–Kier alpha value is -1.36. The average Bonchev–Trinajstić information content (AvgIpc) is 2.69. The molecule has 1 N–H and O–H groups in total. The molecule has 1 fully saturated rings. The number of hydrogen-bond donors (Lipinski definition) is 1. The number of aliphatic carboxylic acids is 1. The van der Waals surface area contributed by atoms with E-state index in [0.717, 1.165) is 18.7 Å². The summed E-state index contributed by atoms with van der Waals surface area (Å²) in [7, 11) is 0. The second kappa shape index (κ2) is 3.79. The van der Waals surface area contributed by atoms with Gasteiger partial charge in [-0.25, -0.2) is 4.98 Å². The maximum atomic E-state index is 10.4. The van der Waals surface area contributed by atoms with Gasteiger partial charge >= 0.3 is 5.97 Å². The molecule has 1 unspecified atom stereocenters. The van der Waals surface area contributed by atoms with Gasteiger partial charge in [0, 0.05) is 12.5 Å². The van der Waals surface area contributed by atoms with Crippen LogP contribution in [-0.4, -0.2) is 29.3 Å². The van der Waals surface area contributed by atoms with E-state index in [0.29, 0.717) is 6.61 Å². The van der Waals surface area contributed by atoms with Crippen LogP contribution in [-0.2, 0) is 16.0 Å². The summed E-state index contributed by atoms with van der Waals surface area (Å²) >= 11 is 0. The molecule has 0 aliphatic carbocycles. The quantitative estimate of drug-likeness (QED) is 0.776. The van der Waals surface area contributed by atoms with Crippen LogP contribution >= 0.6 is 0 Å². The SMILES string of the molecule is O=C(O)Cc1nc(C2CCOC2)co1. The number of nitrogens with zero attached hydrogens (tertiary/aromatic N) is 1. The van der Waals surface area contributed by atoms with Crippen molar-refractivity contribution in [2.24, 2.45) is 0 Å². The van der Waals surface area contributed by atoms with Gasteiger partial charge in [-0.2, -0.15) is 0 Å². The van der Waals surface area contributed by atoms with Crippen molar-refractivity contribution < 1.29 is 19.1 Å². The number of ether oxygens (including phenoxy) is 1. The third kappa shape index (κ3) is 1.93. The van der Waals surface area contributed by atoms with Gasteiger partial charge < -0.3 is 14.3 Å². The second-order valence-electron chi connectivity index (χ2n) is 3.30. The fourth-order valence-electron chi connectivity index (χ4n) is 1.49. The Balaban J connectivity index is 2.05. The molecule has 1 atom stereocenters. The van der Waals surface area contributed by atoms with Crippen LogP contribution in [0.2, 0.25) is 0 Å². The molecule has 5 nitrogen and oxygen atoms in total. The number of rotatable bonds is 3. The predicted molar refractivity (Wildman–Crippen MR) is 46.0 cm³/mol. The van der Waals surface area contributed by atoms with E-state index in [1.54, 1.807) is 0 Å². The maximum absolute atomic E-state index is 10.4. The fraction of sp³-hybridized carbons (Fsp3) is 0.556. The molecule has 1 aliphatic rings. The lowest BCUT2D eigenvalue weighted by atomic mass is 10.1. The number of carbonyl (C=O) groups is 1. The lowest BCUT2D eigenvalue weighted by molar-refractivity contribution is -0.136. The molecule has 2 heterocycles. The summed E-state index contributed by atoms with van der Waals surface area (Å²) in [5, 5.41) is 8.52. The van der Waals surface area contributed by atoms with E-state index in [1.807, 2.05) is 0 Å². The van der Waals surface area contributed by atoms with E-state index >= 15 is 0 Å². The first-order valence-electron chi connectivity index (χ1n) is 4.49. The van der Waals surface area contributed by atoms with Crippen LogP contribution in [0.15, 0.2) is 10.7 Å². The van der Waals surface area contributed by atoms with Gasteiger partial charge in [0.05, 0.1) is 12.3 Å². The molecular formula is C9H11NO4. The summed E-state index contributed by atoms with van der Waals surface area (Å²) in [6.07, 6.45) is 2.30. The van der Waals surface area contributed by atoms with E-state index < -0.39 is 5.97 Å². The summed E-state index contributed by atoms with van der Waals surface area (Å²) in [6, 6.07) is 0. The van der Waals surface area contributed by atoms with Gasteiger partial charge in [0.1, 0.15) is 12.7 Å². The third-order valence-corrected chi connectivity index (χ3v) is 2.22. The number of hydrogen-bond acceptors (Lipinski definition) is 4. The summed E-state index contributed by atoms with van der Waals surface area (Å²) in [6.45, 7) is 1.39. The predicted octanol–water partition coefficient (Wildman–Crippen LogP) is 0.806. The van der Waals surface area contributed by atoms with Gasteiger partial charge in [0.15, 0.2) is 0 Å². The molecule has 76 valence electrons. The van der Waals surface area contributed by atoms with Crippen molar-refractivity contribution in [2.75, 3.05) is 13.2 Å². The van der Waals surface area contributed by atoms with Crippen molar-refractivity contribution in [1.82, 2.24) is 4.98 Å². The van der Waals surface area contributed by atoms with Gasteiger partial charge in [-0.05, 0) is 6.42 Å². The van der Waals surface area contributed by atoms with Gasteiger partial charge in [-0.15, -0.1) is 0 Å². The Morgan fingerprint density at radius 3 is 3.21 bits per heavy atom. The Morgan fingerprint density at radius 1 is 1.71 bits per heavy atom. The molecule has 0 amide bonds. The Morgan fingerprint density at radius 2 is 2.57 bits per heavy atom. The van der Waals surface area contributed by atoms with Crippen molar-refractivity contribution in [1.29, 1.82) is 0 Å². The van der Waals surface area contributed by atoms with Crippen molar-refractivity contribution in [3.05, 3.63) is 17.8 Å². The molecule has 0 saturated carbocycles. The van der Waals surface area contributed by atoms with Crippen LogP contribution in [0.3, 0.4) is 0 Å². The Bertz CT molecular complexity index is 327. The summed E-state index contributed by atoms with van der Waals surface area (Å²) in [5.41, 5.74) is 0.804. The van der Waals surface area contributed by atoms with Crippen molar-refractivity contribution >= 4 is 5.97 Å². The summed E-state index contributed by atoms with van der Waals surface area (Å²) < 4.78 is 10.2. The highest BCUT2D eigenvalue weighted by molar-refractivity contribution is 5.68. The first-order chi connectivity index (χ1) is 6.75. The lowest BCUT2D eigenvalue weighted by Gasteiger charge is -1.99.